The van der Waals surface area contributed by atoms with Crippen LogP contribution in [0.2, 0.25) is 0 Å². The molecular formula is C34H37N7O3. The van der Waals surface area contributed by atoms with Crippen LogP contribution in [0, 0.1) is 12.3 Å². The maximum absolute atomic E-state index is 12.1. The number of hydrogen-bond donors (Lipinski definition) is 1. The van der Waals surface area contributed by atoms with Crippen LogP contribution >= 0.6 is 0 Å². The smallest absolute Gasteiger partial charge is 0.319 e. The van der Waals surface area contributed by atoms with Gasteiger partial charge in [-0.2, -0.15) is 15.1 Å². The topological polar surface area (TPSA) is 104 Å². The number of benzene rings is 2. The highest BCUT2D eigenvalue weighted by Gasteiger charge is 2.46. The quantitative estimate of drug-likeness (QED) is 0.265. The van der Waals surface area contributed by atoms with Crippen molar-refractivity contribution in [2.75, 3.05) is 51.3 Å². The summed E-state index contributed by atoms with van der Waals surface area (Å²) < 4.78 is 12.6. The van der Waals surface area contributed by atoms with Crippen molar-refractivity contribution < 1.29 is 13.9 Å². The van der Waals surface area contributed by atoms with Crippen LogP contribution in [-0.2, 0) is 4.79 Å². The van der Waals surface area contributed by atoms with E-state index < -0.39 is 0 Å². The maximum atomic E-state index is 12.1. The van der Waals surface area contributed by atoms with Gasteiger partial charge >= 0.3 is 6.01 Å². The summed E-state index contributed by atoms with van der Waals surface area (Å²) in [5, 5.41) is 10.4. The Balaban J connectivity index is 1.22. The monoisotopic (exact) mass is 591 g/mol. The third-order valence-corrected chi connectivity index (χ3v) is 10.2. The molecule has 2 aromatic carbocycles. The van der Waals surface area contributed by atoms with Crippen LogP contribution in [0.25, 0.3) is 43.9 Å². The van der Waals surface area contributed by atoms with Crippen LogP contribution in [0.15, 0.2) is 53.8 Å². The molecular weight excluding hydrogens is 554 g/mol. The van der Waals surface area contributed by atoms with E-state index in [0.717, 1.165) is 107 Å². The van der Waals surface area contributed by atoms with Crippen LogP contribution in [0.5, 0.6) is 6.01 Å². The number of nitrogens with one attached hydrogen (secondary N) is 1. The standard InChI is InChI=1S/C34H37N7O3/c1-4-28(42)41-19-34(20-41)10-13-40(14-11-34)32-30-27(36-33(37-32)44-18-22-6-5-12-39(22)3)16-24(23-9-15-43-31(23)30)29-21(2)7-8-26-25(29)17-35-38-26/h4,7-9,15-17,22H,1,5-6,10-14,18-20H2,2-3H3,(H,35,38)/t22-/m0/s1. The average molecular weight is 592 g/mol. The zero-order valence-corrected chi connectivity index (χ0v) is 25.3. The van der Waals surface area contributed by atoms with Crippen molar-refractivity contribution in [3.63, 3.8) is 0 Å². The third kappa shape index (κ3) is 4.34. The molecule has 1 spiro atoms. The zero-order valence-electron chi connectivity index (χ0n) is 25.3. The predicted molar refractivity (Wildman–Crippen MR) is 171 cm³/mol. The Hall–Kier alpha value is -4.44. The van der Waals surface area contributed by atoms with Gasteiger partial charge in [0.25, 0.3) is 0 Å². The molecule has 0 saturated carbocycles. The lowest BCUT2D eigenvalue weighted by Crippen LogP contribution is -2.61. The Kier molecular flexibility index (Phi) is 6.37. The van der Waals surface area contributed by atoms with Crippen molar-refractivity contribution in [2.24, 2.45) is 5.41 Å². The molecule has 0 radical (unpaired) electrons. The Morgan fingerprint density at radius 3 is 2.80 bits per heavy atom. The first-order chi connectivity index (χ1) is 21.4. The second kappa shape index (κ2) is 10.3. The fourth-order valence-corrected chi connectivity index (χ4v) is 7.60. The van der Waals surface area contributed by atoms with Gasteiger partial charge in [0.05, 0.1) is 28.9 Å². The van der Waals surface area contributed by atoms with Crippen molar-refractivity contribution in [3.05, 3.63) is 54.9 Å². The molecule has 8 rings (SSSR count). The highest BCUT2D eigenvalue weighted by molar-refractivity contribution is 6.16. The lowest BCUT2D eigenvalue weighted by molar-refractivity contribution is -0.139. The molecule has 3 aliphatic rings. The number of likely N-dealkylation sites (tertiary alicyclic amines) is 2. The van der Waals surface area contributed by atoms with E-state index in [1.807, 2.05) is 17.2 Å². The minimum absolute atomic E-state index is 0.0203. The lowest BCUT2D eigenvalue weighted by Gasteiger charge is -2.53. The molecule has 3 fully saturated rings. The Morgan fingerprint density at radius 1 is 1.18 bits per heavy atom. The number of rotatable bonds is 6. The van der Waals surface area contributed by atoms with E-state index in [0.29, 0.717) is 18.7 Å². The summed E-state index contributed by atoms with van der Waals surface area (Å²) in [6.07, 6.45) is 9.33. The summed E-state index contributed by atoms with van der Waals surface area (Å²) in [5.41, 5.74) is 6.05. The number of nitrogens with zero attached hydrogens (tertiary/aromatic N) is 6. The second-order valence-electron chi connectivity index (χ2n) is 12.9. The van der Waals surface area contributed by atoms with Gasteiger partial charge in [-0.15, -0.1) is 0 Å². The summed E-state index contributed by atoms with van der Waals surface area (Å²) in [7, 11) is 2.15. The van der Waals surface area contributed by atoms with Gasteiger partial charge in [0, 0.05) is 48.4 Å². The third-order valence-electron chi connectivity index (χ3n) is 10.2. The molecule has 3 saturated heterocycles. The van der Waals surface area contributed by atoms with E-state index in [1.54, 1.807) is 6.26 Å². The number of likely N-dealkylation sites (N-methyl/N-ethyl adjacent to an activating group) is 1. The summed E-state index contributed by atoms with van der Waals surface area (Å²) in [4.78, 5) is 28.8. The van der Waals surface area contributed by atoms with Gasteiger partial charge in [-0.1, -0.05) is 12.6 Å². The van der Waals surface area contributed by atoms with Gasteiger partial charge < -0.3 is 23.9 Å². The van der Waals surface area contributed by atoms with E-state index >= 15 is 0 Å². The summed E-state index contributed by atoms with van der Waals surface area (Å²) in [6, 6.07) is 9.15. The molecule has 3 aromatic heterocycles. The minimum atomic E-state index is 0.0203. The molecule has 3 aliphatic heterocycles. The number of amides is 1. The fourth-order valence-electron chi connectivity index (χ4n) is 7.60. The molecule has 44 heavy (non-hydrogen) atoms. The largest absolute Gasteiger partial charge is 0.463 e. The highest BCUT2D eigenvalue weighted by Crippen LogP contribution is 2.45. The van der Waals surface area contributed by atoms with Gasteiger partial charge in [0.1, 0.15) is 18.0 Å². The van der Waals surface area contributed by atoms with Crippen molar-refractivity contribution in [3.8, 4) is 17.1 Å². The van der Waals surface area contributed by atoms with Crippen LogP contribution in [0.1, 0.15) is 31.2 Å². The van der Waals surface area contributed by atoms with Gasteiger partial charge in [-0.3, -0.25) is 9.89 Å². The summed E-state index contributed by atoms with van der Waals surface area (Å²) in [5.74, 6) is 0.870. The van der Waals surface area contributed by atoms with E-state index in [2.05, 4.69) is 58.7 Å². The normalized spacial score (nSPS) is 20.2. The van der Waals surface area contributed by atoms with Crippen LogP contribution in [-0.4, -0.2) is 88.3 Å². The van der Waals surface area contributed by atoms with Crippen molar-refractivity contribution in [1.29, 1.82) is 0 Å². The molecule has 5 aromatic rings. The average Bonchev–Trinajstić information content (AvgIpc) is 3.79. The van der Waals surface area contributed by atoms with Crippen LogP contribution < -0.4 is 9.64 Å². The Morgan fingerprint density at radius 2 is 2.02 bits per heavy atom. The first-order valence-electron chi connectivity index (χ1n) is 15.6. The van der Waals surface area contributed by atoms with Crippen molar-refractivity contribution >= 4 is 44.5 Å². The molecule has 10 nitrogen and oxygen atoms in total. The molecule has 0 unspecified atom stereocenters. The van der Waals surface area contributed by atoms with Gasteiger partial charge in [-0.05, 0) is 87.2 Å². The number of carbonyl (C=O) groups excluding carboxylic acids is 1. The van der Waals surface area contributed by atoms with E-state index in [1.165, 1.54) is 12.5 Å². The molecule has 0 aliphatic carbocycles. The van der Waals surface area contributed by atoms with Gasteiger partial charge in [0.15, 0.2) is 0 Å². The van der Waals surface area contributed by atoms with Gasteiger partial charge in [-0.25, -0.2) is 0 Å². The molecule has 1 atom stereocenters. The summed E-state index contributed by atoms with van der Waals surface area (Å²) in [6.45, 7) is 10.7. The molecule has 10 heteroatoms. The number of fused-ring (bicyclic) bond motifs is 4. The minimum Gasteiger partial charge on any atom is -0.463 e. The molecule has 226 valence electrons. The van der Waals surface area contributed by atoms with E-state index in [4.69, 9.17) is 19.1 Å². The first-order valence-corrected chi connectivity index (χ1v) is 15.6. The van der Waals surface area contributed by atoms with Crippen molar-refractivity contribution in [1.82, 2.24) is 30.0 Å². The van der Waals surface area contributed by atoms with E-state index in [9.17, 15) is 4.79 Å². The SMILES string of the molecule is C=CC(=O)N1CC2(CCN(c3nc(OC[C@@H]4CCCN4C)nc4cc(-c5c(C)ccc6[nH]ncc56)c5ccoc5c34)CC2)C1. The predicted octanol–water partition coefficient (Wildman–Crippen LogP) is 5.32. The number of anilines is 1. The number of hydrogen-bond acceptors (Lipinski definition) is 8. The van der Waals surface area contributed by atoms with Crippen LogP contribution in [0.4, 0.5) is 5.82 Å². The number of piperidine rings is 1. The number of furan rings is 1. The number of H-pyrrole nitrogens is 1. The first kappa shape index (κ1) is 27.1. The van der Waals surface area contributed by atoms with Gasteiger partial charge in [0.2, 0.25) is 5.91 Å². The second-order valence-corrected chi connectivity index (χ2v) is 12.9. The van der Waals surface area contributed by atoms with Crippen LogP contribution in [0.3, 0.4) is 0 Å². The number of aromatic nitrogens is 4. The number of carbonyl (C=O) groups is 1. The molecule has 1 N–H and O–H groups in total. The summed E-state index contributed by atoms with van der Waals surface area (Å²) >= 11 is 0. The Labute approximate surface area is 255 Å². The zero-order chi connectivity index (χ0) is 30.0. The number of aryl methyl sites for hydroxylation is 1. The fraction of sp³-hybridized carbons (Fsp3) is 0.412. The van der Waals surface area contributed by atoms with E-state index in [-0.39, 0.29) is 11.3 Å². The highest BCUT2D eigenvalue weighted by atomic mass is 16.5. The Bertz CT molecular complexity index is 1910. The number of aromatic amines is 1. The lowest BCUT2D eigenvalue weighted by atomic mass is 9.72. The maximum Gasteiger partial charge on any atom is 0.319 e. The number of ether oxygens (including phenoxy) is 1. The molecule has 6 heterocycles. The van der Waals surface area contributed by atoms with Crippen molar-refractivity contribution in [2.45, 2.75) is 38.6 Å². The molecule has 0 bridgehead atoms. The molecule has 1 amide bonds.